The predicted octanol–water partition coefficient (Wildman–Crippen LogP) is 2.96. The number of hydrogen-bond donors (Lipinski definition) is 1. The van der Waals surface area contributed by atoms with Crippen LogP contribution in [0.15, 0.2) is 18.2 Å². The molecule has 1 N–H and O–H groups in total. The van der Waals surface area contributed by atoms with Gasteiger partial charge in [0.15, 0.2) is 0 Å². The van der Waals surface area contributed by atoms with Crippen molar-refractivity contribution in [1.82, 2.24) is 5.32 Å². The van der Waals surface area contributed by atoms with Crippen molar-refractivity contribution < 1.29 is 13.9 Å². The maximum atomic E-state index is 12.9. The maximum absolute atomic E-state index is 12.9. The van der Waals surface area contributed by atoms with Crippen molar-refractivity contribution in [2.75, 3.05) is 25.1 Å². The third-order valence-electron chi connectivity index (χ3n) is 2.15. The van der Waals surface area contributed by atoms with Crippen molar-refractivity contribution in [2.24, 2.45) is 0 Å². The van der Waals surface area contributed by atoms with E-state index in [-0.39, 0.29) is 11.7 Å². The zero-order valence-electron chi connectivity index (χ0n) is 9.72. The van der Waals surface area contributed by atoms with Crippen LogP contribution < -0.4 is 5.32 Å². The fourth-order valence-electron chi connectivity index (χ4n) is 1.30. The van der Waals surface area contributed by atoms with Gasteiger partial charge in [-0.3, -0.25) is 4.79 Å². The van der Waals surface area contributed by atoms with Gasteiger partial charge < -0.3 is 10.1 Å². The molecule has 100 valence electrons. The van der Waals surface area contributed by atoms with Crippen LogP contribution in [0.25, 0.3) is 0 Å². The molecule has 0 radical (unpaired) electrons. The summed E-state index contributed by atoms with van der Waals surface area (Å²) in [5.41, 5.74) is 0.498. The van der Waals surface area contributed by atoms with Gasteiger partial charge in [-0.25, -0.2) is 4.39 Å². The fourth-order valence-corrected chi connectivity index (χ4v) is 2.25. The van der Waals surface area contributed by atoms with Gasteiger partial charge in [0.05, 0.1) is 12.2 Å². The molecule has 0 aliphatic carbocycles. The van der Waals surface area contributed by atoms with E-state index in [1.54, 1.807) is 0 Å². The second-order valence-electron chi connectivity index (χ2n) is 3.53. The average Bonchev–Trinajstić information content (AvgIpc) is 2.33. The van der Waals surface area contributed by atoms with E-state index < -0.39 is 0 Å². The lowest BCUT2D eigenvalue weighted by Crippen LogP contribution is -2.26. The molecule has 6 heteroatoms. The summed E-state index contributed by atoms with van der Waals surface area (Å²) in [7, 11) is 0. The minimum absolute atomic E-state index is 0.181. The molecule has 0 fully saturated rings. The van der Waals surface area contributed by atoms with Crippen LogP contribution in [-0.4, -0.2) is 31.0 Å². The highest BCUT2D eigenvalue weighted by atomic mass is 127. The molecule has 3 nitrogen and oxygen atoms in total. The second-order valence-corrected chi connectivity index (χ2v) is 5.49. The Morgan fingerprint density at radius 3 is 2.89 bits per heavy atom. The lowest BCUT2D eigenvalue weighted by Gasteiger charge is -2.07. The van der Waals surface area contributed by atoms with E-state index in [1.165, 1.54) is 18.2 Å². The Morgan fingerprint density at radius 2 is 2.22 bits per heavy atom. The minimum Gasteiger partial charge on any atom is -0.381 e. The number of benzene rings is 1. The number of halogens is 3. The Hall–Kier alpha value is -0.210. The first-order chi connectivity index (χ1) is 8.65. The van der Waals surface area contributed by atoms with E-state index in [4.69, 9.17) is 4.74 Å². The van der Waals surface area contributed by atoms with E-state index in [0.717, 1.165) is 11.8 Å². The summed E-state index contributed by atoms with van der Waals surface area (Å²) in [5, 5.41) is 3.59. The summed E-state index contributed by atoms with van der Waals surface area (Å²) < 4.78 is 18.8. The Morgan fingerprint density at radius 1 is 1.44 bits per heavy atom. The summed E-state index contributed by atoms with van der Waals surface area (Å²) in [6.07, 6.45) is 0.760. The standard InChI is InChI=1S/C12H14BrFINO2/c13-4-7-18-6-1-5-16-12(17)10-3-2-9(14)8-11(10)15/h2-3,8H,1,4-7H2,(H,16,17). The first-order valence-corrected chi connectivity index (χ1v) is 7.72. The molecule has 0 spiro atoms. The van der Waals surface area contributed by atoms with Gasteiger partial charge in [-0.2, -0.15) is 0 Å². The number of amides is 1. The first kappa shape index (κ1) is 15.8. The Bertz CT molecular complexity index is 404. The molecule has 0 aromatic heterocycles. The molecule has 1 rings (SSSR count). The number of alkyl halides is 1. The van der Waals surface area contributed by atoms with Crippen molar-refractivity contribution in [3.8, 4) is 0 Å². The van der Waals surface area contributed by atoms with Gasteiger partial charge in [-0.1, -0.05) is 15.9 Å². The number of rotatable bonds is 7. The highest BCUT2D eigenvalue weighted by Gasteiger charge is 2.09. The van der Waals surface area contributed by atoms with Crippen LogP contribution in [0.3, 0.4) is 0 Å². The summed E-state index contributed by atoms with van der Waals surface area (Å²) in [6.45, 7) is 1.84. The average molecular weight is 430 g/mol. The second kappa shape index (κ2) is 8.82. The Labute approximate surface area is 128 Å². The summed E-state index contributed by atoms with van der Waals surface area (Å²) in [6, 6.07) is 4.12. The normalized spacial score (nSPS) is 10.4. The highest BCUT2D eigenvalue weighted by molar-refractivity contribution is 14.1. The maximum Gasteiger partial charge on any atom is 0.252 e. The molecule has 0 unspecified atom stereocenters. The number of carbonyl (C=O) groups is 1. The van der Waals surface area contributed by atoms with Crippen molar-refractivity contribution in [1.29, 1.82) is 0 Å². The Balaban J connectivity index is 2.32. The third kappa shape index (κ3) is 5.62. The fraction of sp³-hybridized carbons (Fsp3) is 0.417. The quantitative estimate of drug-likeness (QED) is 0.411. The van der Waals surface area contributed by atoms with Gasteiger partial charge in [-0.05, 0) is 47.2 Å². The first-order valence-electron chi connectivity index (χ1n) is 5.52. The lowest BCUT2D eigenvalue weighted by atomic mass is 10.2. The molecule has 0 saturated carbocycles. The van der Waals surface area contributed by atoms with Crippen LogP contribution >= 0.6 is 38.5 Å². The summed E-state index contributed by atoms with van der Waals surface area (Å²) >= 11 is 5.21. The molecule has 0 atom stereocenters. The van der Waals surface area contributed by atoms with Gasteiger partial charge >= 0.3 is 0 Å². The number of nitrogens with one attached hydrogen (secondary N) is 1. The molecule has 1 aromatic rings. The number of carbonyl (C=O) groups excluding carboxylic acids is 1. The predicted molar refractivity (Wildman–Crippen MR) is 80.7 cm³/mol. The minimum atomic E-state index is -0.334. The van der Waals surface area contributed by atoms with Crippen LogP contribution in [0.5, 0.6) is 0 Å². The van der Waals surface area contributed by atoms with E-state index in [9.17, 15) is 9.18 Å². The molecule has 0 bridgehead atoms. The molecule has 0 saturated heterocycles. The number of hydrogen-bond acceptors (Lipinski definition) is 2. The van der Waals surface area contributed by atoms with Crippen molar-refractivity contribution in [3.05, 3.63) is 33.1 Å². The molecule has 0 aliphatic heterocycles. The van der Waals surface area contributed by atoms with Crippen LogP contribution in [0, 0.1) is 9.39 Å². The summed E-state index contributed by atoms with van der Waals surface area (Å²) in [5.74, 6) is -0.515. The largest absolute Gasteiger partial charge is 0.381 e. The molecular formula is C12H14BrFINO2. The smallest absolute Gasteiger partial charge is 0.252 e. The zero-order valence-corrected chi connectivity index (χ0v) is 13.5. The van der Waals surface area contributed by atoms with E-state index in [1.807, 2.05) is 22.6 Å². The molecule has 1 amide bonds. The molecule has 1 aromatic carbocycles. The van der Waals surface area contributed by atoms with Crippen LogP contribution in [0.2, 0.25) is 0 Å². The van der Waals surface area contributed by atoms with Crippen LogP contribution in [0.1, 0.15) is 16.8 Å². The van der Waals surface area contributed by atoms with Crippen molar-refractivity contribution in [3.63, 3.8) is 0 Å². The van der Waals surface area contributed by atoms with E-state index in [2.05, 4.69) is 21.2 Å². The molecule has 0 heterocycles. The monoisotopic (exact) mass is 429 g/mol. The van der Waals surface area contributed by atoms with Gasteiger partial charge in [0.2, 0.25) is 0 Å². The van der Waals surface area contributed by atoms with Crippen molar-refractivity contribution >= 4 is 44.4 Å². The topological polar surface area (TPSA) is 38.3 Å². The van der Waals surface area contributed by atoms with E-state index >= 15 is 0 Å². The zero-order chi connectivity index (χ0) is 13.4. The molecular weight excluding hydrogens is 416 g/mol. The SMILES string of the molecule is O=C(NCCCOCCBr)c1ccc(F)cc1I. The van der Waals surface area contributed by atoms with Crippen LogP contribution in [-0.2, 0) is 4.74 Å². The summed E-state index contributed by atoms with van der Waals surface area (Å²) in [4.78, 5) is 11.8. The van der Waals surface area contributed by atoms with E-state index in [0.29, 0.717) is 28.9 Å². The van der Waals surface area contributed by atoms with Crippen LogP contribution in [0.4, 0.5) is 4.39 Å². The lowest BCUT2D eigenvalue weighted by molar-refractivity contribution is 0.0944. The molecule has 0 aliphatic rings. The van der Waals surface area contributed by atoms with Gasteiger partial charge in [0.25, 0.3) is 5.91 Å². The van der Waals surface area contributed by atoms with Gasteiger partial charge in [-0.15, -0.1) is 0 Å². The van der Waals surface area contributed by atoms with Gasteiger partial charge in [0, 0.05) is 22.1 Å². The molecule has 18 heavy (non-hydrogen) atoms. The van der Waals surface area contributed by atoms with Crippen molar-refractivity contribution in [2.45, 2.75) is 6.42 Å². The van der Waals surface area contributed by atoms with Gasteiger partial charge in [0.1, 0.15) is 5.82 Å². The Kier molecular flexibility index (Phi) is 7.76. The number of ether oxygens (including phenoxy) is 1. The highest BCUT2D eigenvalue weighted by Crippen LogP contribution is 2.13. The third-order valence-corrected chi connectivity index (χ3v) is 3.36.